The highest BCUT2D eigenvalue weighted by Crippen LogP contribution is 2.23. The van der Waals surface area contributed by atoms with Crippen LogP contribution in [0.3, 0.4) is 0 Å². The molecule has 19 heavy (non-hydrogen) atoms. The van der Waals surface area contributed by atoms with Gasteiger partial charge in [0.05, 0.1) is 5.69 Å². The molecular formula is C13H15N3O2S. The summed E-state index contributed by atoms with van der Waals surface area (Å²) in [6.07, 6.45) is 0. The molecule has 100 valence electrons. The Balaban J connectivity index is 2.33. The average molecular weight is 277 g/mol. The maximum atomic E-state index is 11.5. The first-order valence-electron chi connectivity index (χ1n) is 5.68. The van der Waals surface area contributed by atoms with E-state index in [4.69, 9.17) is 10.9 Å². The average Bonchev–Trinajstić information content (AvgIpc) is 2.39. The van der Waals surface area contributed by atoms with Gasteiger partial charge in [-0.25, -0.2) is 13.6 Å². The summed E-state index contributed by atoms with van der Waals surface area (Å²) in [5.41, 5.74) is 7.74. The fraction of sp³-hybridized carbons (Fsp3) is 0.0769. The molecule has 2 aromatic carbocycles. The molecule has 0 saturated carbocycles. The first-order valence-corrected chi connectivity index (χ1v) is 7.23. The lowest BCUT2D eigenvalue weighted by molar-refractivity contribution is 0.598. The largest absolute Gasteiger partial charge is 0.354 e. The fourth-order valence-electron chi connectivity index (χ4n) is 1.70. The zero-order valence-electron chi connectivity index (χ0n) is 10.2. The molecule has 0 saturated heterocycles. The molecule has 0 radical (unpaired) electrons. The van der Waals surface area contributed by atoms with Crippen molar-refractivity contribution in [2.75, 3.05) is 5.32 Å². The Kier molecular flexibility index (Phi) is 3.84. The van der Waals surface area contributed by atoms with E-state index < -0.39 is 10.0 Å². The van der Waals surface area contributed by atoms with Gasteiger partial charge in [0.2, 0.25) is 10.0 Å². The normalized spacial score (nSPS) is 11.3. The second kappa shape index (κ2) is 5.40. The lowest BCUT2D eigenvalue weighted by Crippen LogP contribution is -2.14. The molecule has 0 spiro atoms. The second-order valence-corrected chi connectivity index (χ2v) is 5.60. The van der Waals surface area contributed by atoms with E-state index >= 15 is 0 Å². The second-order valence-electron chi connectivity index (χ2n) is 4.07. The number of hydrogen-bond acceptors (Lipinski definition) is 4. The molecule has 0 aliphatic heterocycles. The summed E-state index contributed by atoms with van der Waals surface area (Å²) in [5.74, 6) is 0. The molecule has 2 rings (SSSR count). The van der Waals surface area contributed by atoms with Gasteiger partial charge in [-0.1, -0.05) is 24.3 Å². The minimum atomic E-state index is -3.75. The summed E-state index contributed by atoms with van der Waals surface area (Å²) >= 11 is 0. The lowest BCUT2D eigenvalue weighted by Gasteiger charge is -2.10. The number of hydrogen-bond donors (Lipinski definition) is 3. The highest BCUT2D eigenvalue weighted by atomic mass is 32.2. The first-order chi connectivity index (χ1) is 9.00. The smallest absolute Gasteiger partial charge is 0.240 e. The number of nitrogens with two attached hydrogens (primary N) is 2. The zero-order chi connectivity index (χ0) is 13.9. The lowest BCUT2D eigenvalue weighted by atomic mass is 10.2. The maximum Gasteiger partial charge on any atom is 0.240 e. The Bertz CT molecular complexity index is 667. The van der Waals surface area contributed by atoms with Crippen LogP contribution in [0.25, 0.3) is 0 Å². The van der Waals surface area contributed by atoms with E-state index in [1.807, 2.05) is 24.3 Å². The van der Waals surface area contributed by atoms with Crippen LogP contribution in [0, 0.1) is 0 Å². The van der Waals surface area contributed by atoms with Gasteiger partial charge in [-0.3, -0.25) is 0 Å². The number of nitrogens with one attached hydrogen (secondary N) is 1. The Morgan fingerprint density at radius 3 is 2.21 bits per heavy atom. The molecule has 0 aromatic heterocycles. The maximum absolute atomic E-state index is 11.5. The number of para-hydroxylation sites is 1. The van der Waals surface area contributed by atoms with Crippen molar-refractivity contribution in [3.8, 4) is 0 Å². The summed E-state index contributed by atoms with van der Waals surface area (Å²) in [5, 5.41) is 8.20. The van der Waals surface area contributed by atoms with E-state index in [1.165, 1.54) is 6.07 Å². The molecule has 0 heterocycles. The van der Waals surface area contributed by atoms with Crippen molar-refractivity contribution in [3.63, 3.8) is 0 Å². The molecule has 0 fully saturated rings. The van der Waals surface area contributed by atoms with Gasteiger partial charge in [0.15, 0.2) is 0 Å². The minimum absolute atomic E-state index is 0.0675. The van der Waals surface area contributed by atoms with Gasteiger partial charge in [-0.2, -0.15) is 0 Å². The summed E-state index contributed by atoms with van der Waals surface area (Å²) in [4.78, 5) is 0.0675. The fourth-order valence-corrected chi connectivity index (χ4v) is 2.39. The topological polar surface area (TPSA) is 98.2 Å². The van der Waals surface area contributed by atoms with Crippen LogP contribution >= 0.6 is 0 Å². The summed E-state index contributed by atoms with van der Waals surface area (Å²) in [7, 11) is -3.75. The molecule has 0 unspecified atom stereocenters. The van der Waals surface area contributed by atoms with Gasteiger partial charge in [0.25, 0.3) is 0 Å². The number of benzene rings is 2. The van der Waals surface area contributed by atoms with Crippen LogP contribution in [0.5, 0.6) is 0 Å². The van der Waals surface area contributed by atoms with Gasteiger partial charge in [-0.15, -0.1) is 0 Å². The van der Waals surface area contributed by atoms with Gasteiger partial charge >= 0.3 is 0 Å². The minimum Gasteiger partial charge on any atom is -0.354 e. The number of rotatable bonds is 4. The predicted molar refractivity (Wildman–Crippen MR) is 75.4 cm³/mol. The van der Waals surface area contributed by atoms with Crippen LogP contribution in [0.15, 0.2) is 53.4 Å². The van der Waals surface area contributed by atoms with Crippen molar-refractivity contribution >= 4 is 21.4 Å². The molecule has 5 N–H and O–H groups in total. The van der Waals surface area contributed by atoms with Gasteiger partial charge < -0.3 is 11.1 Å². The van der Waals surface area contributed by atoms with E-state index in [0.717, 1.165) is 11.3 Å². The SMILES string of the molecule is NCc1ccc(Nc2ccccc2S(N)(=O)=O)cc1. The highest BCUT2D eigenvalue weighted by molar-refractivity contribution is 7.89. The Morgan fingerprint density at radius 2 is 1.63 bits per heavy atom. The van der Waals surface area contributed by atoms with Crippen molar-refractivity contribution in [2.24, 2.45) is 10.9 Å². The van der Waals surface area contributed by atoms with E-state index in [1.54, 1.807) is 18.2 Å². The van der Waals surface area contributed by atoms with Crippen molar-refractivity contribution in [1.29, 1.82) is 0 Å². The van der Waals surface area contributed by atoms with Crippen LogP contribution in [0.2, 0.25) is 0 Å². The summed E-state index contributed by atoms with van der Waals surface area (Å²) < 4.78 is 22.9. The highest BCUT2D eigenvalue weighted by Gasteiger charge is 2.12. The number of sulfonamides is 1. The monoisotopic (exact) mass is 277 g/mol. The standard InChI is InChI=1S/C13H15N3O2S/c14-9-10-5-7-11(8-6-10)16-12-3-1-2-4-13(12)19(15,17)18/h1-8,16H,9,14H2,(H2,15,17,18). The van der Waals surface area contributed by atoms with E-state index in [9.17, 15) is 8.42 Å². The van der Waals surface area contributed by atoms with Gasteiger partial charge in [0, 0.05) is 12.2 Å². The van der Waals surface area contributed by atoms with Gasteiger partial charge in [-0.05, 0) is 29.8 Å². The summed E-state index contributed by atoms with van der Waals surface area (Å²) in [6.45, 7) is 0.466. The molecular weight excluding hydrogens is 262 g/mol. The Morgan fingerprint density at radius 1 is 1.00 bits per heavy atom. The molecule has 0 aliphatic carbocycles. The summed E-state index contributed by atoms with van der Waals surface area (Å²) in [6, 6.07) is 13.9. The van der Waals surface area contributed by atoms with Crippen LogP contribution in [-0.4, -0.2) is 8.42 Å². The molecule has 0 amide bonds. The first kappa shape index (κ1) is 13.5. The number of anilines is 2. The molecule has 6 heteroatoms. The third kappa shape index (κ3) is 3.31. The third-order valence-corrected chi connectivity index (χ3v) is 3.63. The Labute approximate surface area is 112 Å². The van der Waals surface area contributed by atoms with Crippen molar-refractivity contribution in [1.82, 2.24) is 0 Å². The third-order valence-electron chi connectivity index (χ3n) is 2.66. The van der Waals surface area contributed by atoms with Crippen LogP contribution in [0.4, 0.5) is 11.4 Å². The zero-order valence-corrected chi connectivity index (χ0v) is 11.0. The van der Waals surface area contributed by atoms with Crippen molar-refractivity contribution in [2.45, 2.75) is 11.4 Å². The van der Waals surface area contributed by atoms with Crippen LogP contribution in [0.1, 0.15) is 5.56 Å². The molecule has 0 aliphatic rings. The van der Waals surface area contributed by atoms with E-state index in [2.05, 4.69) is 5.32 Å². The van der Waals surface area contributed by atoms with Crippen LogP contribution in [-0.2, 0) is 16.6 Å². The molecule has 0 bridgehead atoms. The quantitative estimate of drug-likeness (QED) is 0.789. The molecule has 0 atom stereocenters. The molecule has 5 nitrogen and oxygen atoms in total. The number of primary sulfonamides is 1. The van der Waals surface area contributed by atoms with E-state index in [-0.39, 0.29) is 4.90 Å². The van der Waals surface area contributed by atoms with E-state index in [0.29, 0.717) is 12.2 Å². The Hall–Kier alpha value is -1.89. The molecule has 2 aromatic rings. The van der Waals surface area contributed by atoms with Crippen molar-refractivity contribution in [3.05, 3.63) is 54.1 Å². The van der Waals surface area contributed by atoms with Crippen molar-refractivity contribution < 1.29 is 8.42 Å². The van der Waals surface area contributed by atoms with Gasteiger partial charge in [0.1, 0.15) is 4.90 Å². The predicted octanol–water partition coefficient (Wildman–Crippen LogP) is 1.54. The van der Waals surface area contributed by atoms with Crippen LogP contribution < -0.4 is 16.2 Å².